The average Bonchev–Trinajstić information content (AvgIpc) is 2.86. The van der Waals surface area contributed by atoms with Crippen molar-refractivity contribution in [3.05, 3.63) is 23.8 Å². The van der Waals surface area contributed by atoms with E-state index in [1.54, 1.807) is 12.1 Å². The second kappa shape index (κ2) is 9.66. The van der Waals surface area contributed by atoms with Crippen LogP contribution in [-0.4, -0.2) is 35.8 Å². The summed E-state index contributed by atoms with van der Waals surface area (Å²) in [7, 11) is 0. The van der Waals surface area contributed by atoms with E-state index < -0.39 is 11.8 Å². The van der Waals surface area contributed by atoms with Crippen LogP contribution in [0.15, 0.2) is 23.3 Å². The van der Waals surface area contributed by atoms with Crippen LogP contribution < -0.4 is 15.5 Å². The highest BCUT2D eigenvalue weighted by atomic mass is 16.5. The number of hydrogen-bond acceptors (Lipinski definition) is 5. The highest BCUT2D eigenvalue weighted by molar-refractivity contribution is 6.35. The van der Waals surface area contributed by atoms with Crippen molar-refractivity contribution in [3.8, 4) is 11.5 Å². The zero-order valence-corrected chi connectivity index (χ0v) is 14.5. The van der Waals surface area contributed by atoms with Crippen LogP contribution >= 0.6 is 0 Å². The Balaban J connectivity index is 1.84. The Bertz CT molecular complexity index is 623. The summed E-state index contributed by atoms with van der Waals surface area (Å²) in [4.78, 5) is 23.7. The van der Waals surface area contributed by atoms with Crippen LogP contribution in [0.2, 0.25) is 0 Å². The van der Waals surface area contributed by atoms with Crippen molar-refractivity contribution in [2.75, 3.05) is 6.61 Å². The summed E-state index contributed by atoms with van der Waals surface area (Å²) in [6, 6.07) is 4.77. The molecule has 0 radical (unpaired) electrons. The van der Waals surface area contributed by atoms with Crippen molar-refractivity contribution in [1.82, 2.24) is 10.7 Å². The molecule has 7 heteroatoms. The van der Waals surface area contributed by atoms with E-state index >= 15 is 0 Å². The molecule has 1 aliphatic rings. The van der Waals surface area contributed by atoms with Gasteiger partial charge in [-0.3, -0.25) is 9.59 Å². The Morgan fingerprint density at radius 3 is 2.64 bits per heavy atom. The highest BCUT2D eigenvalue weighted by Crippen LogP contribution is 2.26. The van der Waals surface area contributed by atoms with Gasteiger partial charge < -0.3 is 15.2 Å². The van der Waals surface area contributed by atoms with Gasteiger partial charge in [-0.05, 0) is 43.5 Å². The number of ether oxygens (including phenoxy) is 1. The van der Waals surface area contributed by atoms with Crippen molar-refractivity contribution in [2.24, 2.45) is 5.10 Å². The largest absolute Gasteiger partial charge is 0.504 e. The van der Waals surface area contributed by atoms with Crippen molar-refractivity contribution in [1.29, 1.82) is 0 Å². The number of amides is 2. The fourth-order valence-electron chi connectivity index (χ4n) is 2.77. The summed E-state index contributed by atoms with van der Waals surface area (Å²) < 4.78 is 5.27. The summed E-state index contributed by atoms with van der Waals surface area (Å²) in [5, 5.41) is 16.2. The molecule has 0 unspecified atom stereocenters. The second-order valence-corrected chi connectivity index (χ2v) is 6.02. The highest BCUT2D eigenvalue weighted by Gasteiger charge is 2.19. The van der Waals surface area contributed by atoms with E-state index in [2.05, 4.69) is 15.8 Å². The zero-order valence-electron chi connectivity index (χ0n) is 14.5. The molecule has 0 atom stereocenters. The van der Waals surface area contributed by atoms with Gasteiger partial charge in [0, 0.05) is 6.04 Å². The van der Waals surface area contributed by atoms with Gasteiger partial charge in [-0.15, -0.1) is 0 Å². The van der Waals surface area contributed by atoms with Crippen molar-refractivity contribution < 1.29 is 19.4 Å². The second-order valence-electron chi connectivity index (χ2n) is 6.02. The molecule has 2 amide bonds. The lowest BCUT2D eigenvalue weighted by Gasteiger charge is -2.15. The van der Waals surface area contributed by atoms with E-state index in [1.807, 2.05) is 6.92 Å². The van der Waals surface area contributed by atoms with Gasteiger partial charge in [-0.25, -0.2) is 5.43 Å². The number of carbonyl (C=O) groups excluding carboxylic acids is 2. The van der Waals surface area contributed by atoms with Gasteiger partial charge in [0.15, 0.2) is 11.5 Å². The average molecular weight is 347 g/mol. The molecule has 1 saturated carbocycles. The van der Waals surface area contributed by atoms with Crippen molar-refractivity contribution in [2.45, 2.75) is 51.5 Å². The monoisotopic (exact) mass is 347 g/mol. The molecule has 0 bridgehead atoms. The molecular weight excluding hydrogens is 322 g/mol. The first-order valence-electron chi connectivity index (χ1n) is 8.70. The number of benzene rings is 1. The molecule has 1 fully saturated rings. The number of nitrogens with zero attached hydrogens (tertiary/aromatic N) is 1. The number of hydrogen-bond donors (Lipinski definition) is 3. The standard InChI is InChI=1S/C18H25N3O4/c1-2-25-16-11-13(9-10-15(16)22)12-19-21-18(24)17(23)20-14-7-5-3-4-6-8-14/h9-12,14,22H,2-8H2,1H3,(H,20,23)(H,21,24)/b19-12+. The van der Waals surface area contributed by atoms with Crippen LogP contribution in [0.3, 0.4) is 0 Å². The first kappa shape index (κ1) is 18.8. The molecule has 0 heterocycles. The van der Waals surface area contributed by atoms with E-state index in [9.17, 15) is 14.7 Å². The van der Waals surface area contributed by atoms with E-state index in [1.165, 1.54) is 25.1 Å². The lowest BCUT2D eigenvalue weighted by Crippen LogP contribution is -2.43. The maximum atomic E-state index is 11.9. The molecule has 1 aliphatic carbocycles. The van der Waals surface area contributed by atoms with E-state index in [4.69, 9.17) is 4.74 Å². The van der Waals surface area contributed by atoms with E-state index in [-0.39, 0.29) is 11.8 Å². The summed E-state index contributed by atoms with van der Waals surface area (Å²) in [6.45, 7) is 2.24. The third kappa shape index (κ3) is 6.10. The van der Waals surface area contributed by atoms with Gasteiger partial charge in [0.05, 0.1) is 12.8 Å². The number of nitrogens with one attached hydrogen (secondary N) is 2. The Labute approximate surface area is 147 Å². The summed E-state index contributed by atoms with van der Waals surface area (Å²) in [5.74, 6) is -1.08. The molecule has 136 valence electrons. The number of phenolic OH excluding ortho intramolecular Hbond substituents is 1. The van der Waals surface area contributed by atoms with Gasteiger partial charge in [0.25, 0.3) is 0 Å². The lowest BCUT2D eigenvalue weighted by atomic mass is 10.1. The summed E-state index contributed by atoms with van der Waals surface area (Å²) in [6.07, 6.45) is 7.73. The van der Waals surface area contributed by atoms with Crippen LogP contribution in [-0.2, 0) is 9.59 Å². The van der Waals surface area contributed by atoms with Gasteiger partial charge >= 0.3 is 11.8 Å². The first-order chi connectivity index (χ1) is 12.1. The minimum absolute atomic E-state index is 0.0332. The number of phenols is 1. The van der Waals surface area contributed by atoms with E-state index in [0.717, 1.165) is 25.7 Å². The molecule has 1 aromatic carbocycles. The maximum Gasteiger partial charge on any atom is 0.329 e. The minimum Gasteiger partial charge on any atom is -0.504 e. The molecule has 0 aliphatic heterocycles. The molecule has 0 saturated heterocycles. The van der Waals surface area contributed by atoms with Crippen LogP contribution in [0.5, 0.6) is 11.5 Å². The number of rotatable bonds is 5. The Kier molecular flexibility index (Phi) is 7.25. The van der Waals surface area contributed by atoms with Crippen LogP contribution in [0.4, 0.5) is 0 Å². The van der Waals surface area contributed by atoms with Crippen LogP contribution in [0.1, 0.15) is 51.0 Å². The van der Waals surface area contributed by atoms with Gasteiger partial charge in [0.2, 0.25) is 0 Å². The smallest absolute Gasteiger partial charge is 0.329 e. The van der Waals surface area contributed by atoms with Crippen molar-refractivity contribution in [3.63, 3.8) is 0 Å². The SMILES string of the molecule is CCOc1cc(/C=N/NC(=O)C(=O)NC2CCCCCC2)ccc1O. The number of carbonyl (C=O) groups is 2. The fraction of sp³-hybridized carbons (Fsp3) is 0.500. The maximum absolute atomic E-state index is 11.9. The first-order valence-corrected chi connectivity index (χ1v) is 8.70. The van der Waals surface area contributed by atoms with Gasteiger partial charge in [0.1, 0.15) is 0 Å². The molecule has 25 heavy (non-hydrogen) atoms. The molecule has 7 nitrogen and oxygen atoms in total. The minimum atomic E-state index is -0.788. The third-order valence-electron chi connectivity index (χ3n) is 4.06. The van der Waals surface area contributed by atoms with Gasteiger partial charge in [-0.2, -0.15) is 5.10 Å². The molecule has 3 N–H and O–H groups in total. The molecule has 1 aromatic rings. The molecule has 0 spiro atoms. The Morgan fingerprint density at radius 1 is 1.24 bits per heavy atom. The van der Waals surface area contributed by atoms with Gasteiger partial charge in [-0.1, -0.05) is 25.7 Å². The Morgan fingerprint density at radius 2 is 1.96 bits per heavy atom. The third-order valence-corrected chi connectivity index (χ3v) is 4.06. The molecule has 0 aromatic heterocycles. The summed E-state index contributed by atoms with van der Waals surface area (Å²) >= 11 is 0. The van der Waals surface area contributed by atoms with Crippen LogP contribution in [0.25, 0.3) is 0 Å². The fourth-order valence-corrected chi connectivity index (χ4v) is 2.77. The zero-order chi connectivity index (χ0) is 18.1. The number of hydrazone groups is 1. The van der Waals surface area contributed by atoms with Crippen molar-refractivity contribution >= 4 is 18.0 Å². The topological polar surface area (TPSA) is 100 Å². The lowest BCUT2D eigenvalue weighted by molar-refractivity contribution is -0.139. The van der Waals surface area contributed by atoms with Crippen LogP contribution in [0, 0.1) is 0 Å². The van der Waals surface area contributed by atoms with E-state index in [0.29, 0.717) is 17.9 Å². The number of aromatic hydroxyl groups is 1. The Hall–Kier alpha value is -2.57. The predicted octanol–water partition coefficient (Wildman–Crippen LogP) is 2.08. The summed E-state index contributed by atoms with van der Waals surface area (Å²) in [5.41, 5.74) is 2.85. The quantitative estimate of drug-likeness (QED) is 0.329. The predicted molar refractivity (Wildman–Crippen MR) is 94.6 cm³/mol. The molecular formula is C18H25N3O4. The normalized spacial score (nSPS) is 15.6. The molecule has 2 rings (SSSR count).